The van der Waals surface area contributed by atoms with Gasteiger partial charge in [-0.3, -0.25) is 14.9 Å². The van der Waals surface area contributed by atoms with E-state index in [4.69, 9.17) is 14.7 Å². The maximum atomic E-state index is 11.7. The van der Waals surface area contributed by atoms with E-state index in [2.05, 4.69) is 15.5 Å². The lowest BCUT2D eigenvalue weighted by Gasteiger charge is -2.01. The summed E-state index contributed by atoms with van der Waals surface area (Å²) in [5.41, 5.74) is 1.16. The smallest absolute Gasteiger partial charge is 0.309 e. The zero-order valence-electron chi connectivity index (χ0n) is 12.8. The van der Waals surface area contributed by atoms with Gasteiger partial charge < -0.3 is 14.7 Å². The van der Waals surface area contributed by atoms with Gasteiger partial charge in [0.1, 0.15) is 5.75 Å². The van der Waals surface area contributed by atoms with Gasteiger partial charge in [0.2, 0.25) is 0 Å². The first-order valence-corrected chi connectivity index (χ1v) is 7.70. The predicted octanol–water partition coefficient (Wildman–Crippen LogP) is 1.77. The molecule has 1 aromatic carbocycles. The lowest BCUT2D eigenvalue weighted by atomic mass is 10.2. The van der Waals surface area contributed by atoms with Crippen LogP contribution in [0.25, 0.3) is 0 Å². The number of hydrogen-bond donors (Lipinski definition) is 2. The van der Waals surface area contributed by atoms with Crippen molar-refractivity contribution in [3.05, 3.63) is 40.9 Å². The third-order valence-electron chi connectivity index (χ3n) is 2.70. The molecule has 0 saturated heterocycles. The zero-order valence-corrected chi connectivity index (χ0v) is 13.6. The Morgan fingerprint density at radius 2 is 2.29 bits per heavy atom. The van der Waals surface area contributed by atoms with Crippen LogP contribution in [0, 0.1) is 0 Å². The summed E-state index contributed by atoms with van der Waals surface area (Å²) in [4.78, 5) is 31.1. The number of carboxylic acids is 1. The normalized spacial score (nSPS) is 10.5. The molecule has 0 saturated carbocycles. The molecule has 0 aliphatic heterocycles. The Balaban J connectivity index is 1.77. The lowest BCUT2D eigenvalue weighted by Crippen LogP contribution is -2.17. The molecule has 126 valence electrons. The molecule has 2 aromatic rings. The number of amides is 1. The van der Waals surface area contributed by atoms with Crippen molar-refractivity contribution in [2.24, 2.45) is 5.16 Å². The number of oxime groups is 1. The molecule has 2 N–H and O–H groups in total. The SMILES string of the molecule is COc1cccc(/C=N/OCC(=O)Nc2nc(CC(=O)O)cs2)c1. The highest BCUT2D eigenvalue weighted by Gasteiger charge is 2.09. The largest absolute Gasteiger partial charge is 0.497 e. The van der Waals surface area contributed by atoms with Crippen molar-refractivity contribution in [3.8, 4) is 5.75 Å². The molecular formula is C15H15N3O5S. The molecule has 1 amide bonds. The Labute approximate surface area is 141 Å². The van der Waals surface area contributed by atoms with Crippen molar-refractivity contribution in [2.75, 3.05) is 19.0 Å². The Morgan fingerprint density at radius 1 is 1.46 bits per heavy atom. The third kappa shape index (κ3) is 5.69. The molecule has 0 aliphatic carbocycles. The van der Waals surface area contributed by atoms with Crippen LogP contribution in [0.5, 0.6) is 5.75 Å². The summed E-state index contributed by atoms with van der Waals surface area (Å²) in [5, 5.41) is 16.8. The van der Waals surface area contributed by atoms with Crippen LogP contribution in [-0.4, -0.2) is 41.9 Å². The number of anilines is 1. The van der Waals surface area contributed by atoms with Crippen LogP contribution in [0.15, 0.2) is 34.8 Å². The van der Waals surface area contributed by atoms with E-state index < -0.39 is 11.9 Å². The Morgan fingerprint density at radius 3 is 3.04 bits per heavy atom. The van der Waals surface area contributed by atoms with Crippen LogP contribution < -0.4 is 10.1 Å². The number of thiazole rings is 1. The van der Waals surface area contributed by atoms with Gasteiger partial charge in [-0.05, 0) is 17.7 Å². The summed E-state index contributed by atoms with van der Waals surface area (Å²) in [5.74, 6) is -0.722. The molecule has 0 fully saturated rings. The maximum absolute atomic E-state index is 11.7. The van der Waals surface area contributed by atoms with E-state index >= 15 is 0 Å². The van der Waals surface area contributed by atoms with Crippen LogP contribution in [-0.2, 0) is 20.8 Å². The Hall–Kier alpha value is -2.94. The molecule has 0 spiro atoms. The quantitative estimate of drug-likeness (QED) is 0.555. The second kappa shape index (κ2) is 8.63. The molecule has 8 nitrogen and oxygen atoms in total. The summed E-state index contributed by atoms with van der Waals surface area (Å²) >= 11 is 1.15. The van der Waals surface area contributed by atoms with Crippen LogP contribution in [0.4, 0.5) is 5.13 Å². The highest BCUT2D eigenvalue weighted by Crippen LogP contribution is 2.15. The Kier molecular flexibility index (Phi) is 6.26. The van der Waals surface area contributed by atoms with Crippen molar-refractivity contribution in [1.82, 2.24) is 4.98 Å². The minimum absolute atomic E-state index is 0.187. The number of carbonyl (C=O) groups is 2. The minimum atomic E-state index is -0.978. The van der Waals surface area contributed by atoms with Gasteiger partial charge >= 0.3 is 5.97 Å². The van der Waals surface area contributed by atoms with Crippen molar-refractivity contribution in [3.63, 3.8) is 0 Å². The third-order valence-corrected chi connectivity index (χ3v) is 3.50. The number of hydrogen-bond acceptors (Lipinski definition) is 7. The van der Waals surface area contributed by atoms with Crippen molar-refractivity contribution in [1.29, 1.82) is 0 Å². The topological polar surface area (TPSA) is 110 Å². The first kappa shape index (κ1) is 17.4. The fourth-order valence-electron chi connectivity index (χ4n) is 1.67. The van der Waals surface area contributed by atoms with Crippen molar-refractivity contribution < 1.29 is 24.3 Å². The molecule has 0 unspecified atom stereocenters. The highest BCUT2D eigenvalue weighted by atomic mass is 32.1. The minimum Gasteiger partial charge on any atom is -0.497 e. The van der Waals surface area contributed by atoms with Gasteiger partial charge in [0.15, 0.2) is 11.7 Å². The van der Waals surface area contributed by atoms with Crippen LogP contribution in [0.1, 0.15) is 11.3 Å². The van der Waals surface area contributed by atoms with E-state index in [1.54, 1.807) is 24.6 Å². The predicted molar refractivity (Wildman–Crippen MR) is 88.6 cm³/mol. The number of aliphatic carboxylic acids is 1. The standard InChI is InChI=1S/C15H15N3O5S/c1-22-12-4-2-3-10(5-12)7-16-23-8-13(19)18-15-17-11(9-24-15)6-14(20)21/h2-5,7,9H,6,8H2,1H3,(H,20,21)(H,17,18,19)/b16-7+. The molecule has 0 bridgehead atoms. The van der Waals surface area contributed by atoms with E-state index in [1.165, 1.54) is 6.21 Å². The first-order chi connectivity index (χ1) is 11.6. The molecule has 24 heavy (non-hydrogen) atoms. The summed E-state index contributed by atoms with van der Waals surface area (Å²) in [7, 11) is 1.57. The summed E-state index contributed by atoms with van der Waals surface area (Å²) < 4.78 is 5.08. The van der Waals surface area contributed by atoms with E-state index in [0.717, 1.165) is 16.9 Å². The van der Waals surface area contributed by atoms with Crippen LogP contribution in [0.2, 0.25) is 0 Å². The van der Waals surface area contributed by atoms with Gasteiger partial charge in [0, 0.05) is 5.38 Å². The number of methoxy groups -OCH3 is 1. The van der Waals surface area contributed by atoms with Crippen LogP contribution >= 0.6 is 11.3 Å². The van der Waals surface area contributed by atoms with E-state index in [-0.39, 0.29) is 13.0 Å². The number of benzene rings is 1. The molecule has 1 heterocycles. The van der Waals surface area contributed by atoms with Gasteiger partial charge in [-0.1, -0.05) is 17.3 Å². The van der Waals surface area contributed by atoms with Gasteiger partial charge in [0.25, 0.3) is 5.91 Å². The molecule has 0 atom stereocenters. The molecule has 0 radical (unpaired) electrons. The number of ether oxygens (including phenoxy) is 1. The zero-order chi connectivity index (χ0) is 17.4. The van der Waals surface area contributed by atoms with Gasteiger partial charge in [-0.2, -0.15) is 0 Å². The fraction of sp³-hybridized carbons (Fsp3) is 0.200. The summed E-state index contributed by atoms with van der Waals surface area (Å²) in [6.07, 6.45) is 1.28. The van der Waals surface area contributed by atoms with Gasteiger partial charge in [-0.15, -0.1) is 11.3 Å². The average molecular weight is 349 g/mol. The van der Waals surface area contributed by atoms with Crippen molar-refractivity contribution in [2.45, 2.75) is 6.42 Å². The fourth-order valence-corrected chi connectivity index (χ4v) is 2.40. The van der Waals surface area contributed by atoms with Gasteiger partial charge in [-0.25, -0.2) is 4.98 Å². The van der Waals surface area contributed by atoms with E-state index in [9.17, 15) is 9.59 Å². The molecule has 1 aromatic heterocycles. The van der Waals surface area contributed by atoms with E-state index in [1.807, 2.05) is 12.1 Å². The highest BCUT2D eigenvalue weighted by molar-refractivity contribution is 7.13. The molecular weight excluding hydrogens is 334 g/mol. The maximum Gasteiger partial charge on any atom is 0.309 e. The number of aromatic nitrogens is 1. The lowest BCUT2D eigenvalue weighted by molar-refractivity contribution is -0.136. The number of nitrogens with one attached hydrogen (secondary N) is 1. The second-order valence-electron chi connectivity index (χ2n) is 4.55. The Bertz CT molecular complexity index is 744. The summed E-state index contributed by atoms with van der Waals surface area (Å²) in [6, 6.07) is 7.20. The second-order valence-corrected chi connectivity index (χ2v) is 5.41. The monoisotopic (exact) mass is 349 g/mol. The van der Waals surface area contributed by atoms with Crippen LogP contribution in [0.3, 0.4) is 0 Å². The number of rotatable bonds is 8. The average Bonchev–Trinajstić information content (AvgIpc) is 2.98. The molecule has 0 aliphatic rings. The molecule has 9 heteroatoms. The number of carbonyl (C=O) groups excluding carboxylic acids is 1. The van der Waals surface area contributed by atoms with E-state index in [0.29, 0.717) is 16.6 Å². The van der Waals surface area contributed by atoms with Gasteiger partial charge in [0.05, 0.1) is 25.4 Å². The molecule has 2 rings (SSSR count). The number of nitrogens with zero attached hydrogens (tertiary/aromatic N) is 2. The van der Waals surface area contributed by atoms with Crippen molar-refractivity contribution >= 4 is 34.6 Å². The summed E-state index contributed by atoms with van der Waals surface area (Å²) in [6.45, 7) is -0.283. The number of carboxylic acid groups (broad SMARTS) is 1. The first-order valence-electron chi connectivity index (χ1n) is 6.82.